The fourth-order valence-corrected chi connectivity index (χ4v) is 14.3. The number of halogens is 1. The van der Waals surface area contributed by atoms with Gasteiger partial charge in [0.1, 0.15) is 5.41 Å². The van der Waals surface area contributed by atoms with Crippen molar-refractivity contribution >= 4 is 51.4 Å². The van der Waals surface area contributed by atoms with E-state index in [4.69, 9.17) is 14.2 Å². The number of aliphatic hydroxyl groups is 2. The molecule has 4 N–H and O–H groups in total. The van der Waals surface area contributed by atoms with Crippen LogP contribution in [0.1, 0.15) is 64.1 Å². The van der Waals surface area contributed by atoms with Crippen LogP contribution in [0.3, 0.4) is 0 Å². The fourth-order valence-electron chi connectivity index (χ4n) is 13.8. The number of nitrogens with zero attached hydrogens (tertiary/aromatic N) is 3. The van der Waals surface area contributed by atoms with Gasteiger partial charge in [0.2, 0.25) is 5.60 Å². The molecule has 0 amide bonds. The Morgan fingerprint density at radius 3 is 2.51 bits per heavy atom. The summed E-state index contributed by atoms with van der Waals surface area (Å²) in [6, 6.07) is 4.92. The molecule has 2 aromatic rings. The van der Waals surface area contributed by atoms with E-state index >= 15 is 4.79 Å². The minimum absolute atomic E-state index is 0.0850. The molecule has 59 heavy (non-hydrogen) atoms. The quantitative estimate of drug-likeness (QED) is 0.179. The van der Waals surface area contributed by atoms with Crippen LogP contribution in [-0.2, 0) is 40.4 Å². The van der Waals surface area contributed by atoms with Crippen LogP contribution < -0.4 is 0 Å². The smallest absolute Gasteiger partial charge is 0.341 e. The maximum Gasteiger partial charge on any atom is 0.341 e. The van der Waals surface area contributed by atoms with E-state index in [1.165, 1.54) is 14.0 Å². The molecule has 5 aliphatic heterocycles. The number of methoxy groups -OCH3 is 2. The normalized spacial score (nSPS) is 41.0. The van der Waals surface area contributed by atoms with Crippen LogP contribution >= 0.6 is 22.6 Å². The van der Waals surface area contributed by atoms with Gasteiger partial charge in [-0.05, 0) is 109 Å². The van der Waals surface area contributed by atoms with Gasteiger partial charge in [-0.3, -0.25) is 19.4 Å². The number of nitrogens with one attached hydrogen (secondary N) is 1. The summed E-state index contributed by atoms with van der Waals surface area (Å²) in [5, 5.41) is 37.4. The van der Waals surface area contributed by atoms with Gasteiger partial charge in [0.05, 0.1) is 24.9 Å². The monoisotopic (exact) mass is 924 g/mol. The molecular weight excluding hydrogens is 867 g/mol. The number of allylic oxidation sites excluding steroid dienone is 1. The average Bonchev–Trinajstić information content (AvgIpc) is 3.87. The number of esters is 2. The number of carbonyl (C=O) groups excluding carboxylic acids is 2. The number of piperidine rings is 1. The summed E-state index contributed by atoms with van der Waals surface area (Å²) in [6.45, 7) is 8.50. The van der Waals surface area contributed by atoms with Gasteiger partial charge in [-0.15, -0.1) is 0 Å². The van der Waals surface area contributed by atoms with Gasteiger partial charge in [0, 0.05) is 95.9 Å². The number of likely N-dealkylation sites (N-methyl/N-ethyl adjacent to an activating group) is 1. The van der Waals surface area contributed by atoms with Crippen molar-refractivity contribution in [3.05, 3.63) is 68.6 Å². The minimum atomic E-state index is -2.52. The van der Waals surface area contributed by atoms with Crippen LogP contribution in [0.5, 0.6) is 0 Å². The number of rotatable bonds is 7. The zero-order valence-electron chi connectivity index (χ0n) is 34.8. The summed E-state index contributed by atoms with van der Waals surface area (Å²) in [7, 11) is 4.90. The number of carboxylic acid groups (broad SMARTS) is 1. The number of carbonyl (C=O) groups is 3. The molecule has 6 heterocycles. The Balaban J connectivity index is 1.33. The molecule has 9 rings (SSSR count). The lowest BCUT2D eigenvalue weighted by molar-refractivity contribution is -0.241. The molecular formula is C45H57IN4O9. The second-order valence-electron chi connectivity index (χ2n) is 18.5. The number of likely N-dealkylation sites (tertiary alicyclic amines) is 1. The predicted octanol–water partition coefficient (Wildman–Crippen LogP) is 4.15. The van der Waals surface area contributed by atoms with E-state index in [9.17, 15) is 24.9 Å². The topological polar surface area (TPSA) is 165 Å². The first kappa shape index (κ1) is 41.1. The molecule has 13 nitrogen and oxygen atoms in total. The number of aromatic nitrogens is 1. The molecule has 0 radical (unpaired) electrons. The van der Waals surface area contributed by atoms with E-state index in [1.807, 2.05) is 44.0 Å². The molecule has 4 fully saturated rings. The number of aliphatic carboxylic acids is 1. The number of H-pyrrole nitrogens is 1. The first-order valence-corrected chi connectivity index (χ1v) is 22.2. The summed E-state index contributed by atoms with van der Waals surface area (Å²) >= 11 is 2.33. The Hall–Kier alpha value is -3.28. The summed E-state index contributed by atoms with van der Waals surface area (Å²) < 4.78 is 19.5. The van der Waals surface area contributed by atoms with Gasteiger partial charge in [0.25, 0.3) is 0 Å². The van der Waals surface area contributed by atoms with Crippen molar-refractivity contribution in [2.45, 2.75) is 100 Å². The zero-order chi connectivity index (χ0) is 42.0. The lowest BCUT2D eigenvalue weighted by atomic mass is 9.47. The van der Waals surface area contributed by atoms with Gasteiger partial charge < -0.3 is 39.4 Å². The molecule has 1 saturated carbocycles. The fraction of sp³-hybridized carbons (Fsp3) is 0.622. The van der Waals surface area contributed by atoms with Crippen molar-refractivity contribution < 1.29 is 43.9 Å². The molecule has 3 saturated heterocycles. The first-order chi connectivity index (χ1) is 28.1. The first-order valence-electron chi connectivity index (χ1n) is 21.2. The van der Waals surface area contributed by atoms with Crippen molar-refractivity contribution in [1.82, 2.24) is 19.7 Å². The SMILES string of the molecule is CC[C@]1(O)C[C@@H]2CN(CCc3c([nH]c4ccc(I)cc34)[C@@](C(=O)OC)(C3C=C4C(=CC3OC)N(C)[C@H]3[C@@](O)(C(=O)O)[C@H](OC(C)=O)[C@]5(CC)C=CCN6CC[C@]43[C@@H]65)C2)C1. The van der Waals surface area contributed by atoms with Gasteiger partial charge in [0.15, 0.2) is 6.10 Å². The van der Waals surface area contributed by atoms with E-state index in [1.54, 1.807) is 7.11 Å². The molecule has 7 aliphatic rings. The molecule has 318 valence electrons. The van der Waals surface area contributed by atoms with Gasteiger partial charge in [-0.25, -0.2) is 4.79 Å². The number of hydrogen-bond donors (Lipinski definition) is 4. The molecule has 12 atom stereocenters. The van der Waals surface area contributed by atoms with E-state index in [2.05, 4.69) is 61.6 Å². The summed E-state index contributed by atoms with van der Waals surface area (Å²) in [5.41, 5.74) is -2.43. The summed E-state index contributed by atoms with van der Waals surface area (Å²) in [5.74, 6) is -3.25. The molecule has 14 heteroatoms. The molecule has 2 aliphatic carbocycles. The van der Waals surface area contributed by atoms with Crippen LogP contribution in [0.15, 0.2) is 53.8 Å². The highest BCUT2D eigenvalue weighted by Gasteiger charge is 2.81. The molecule has 2 bridgehead atoms. The summed E-state index contributed by atoms with van der Waals surface area (Å²) in [6.07, 6.45) is 9.20. The van der Waals surface area contributed by atoms with Crippen molar-refractivity contribution in [3.63, 3.8) is 0 Å². The van der Waals surface area contributed by atoms with Gasteiger partial charge in [-0.1, -0.05) is 32.1 Å². The third-order valence-electron chi connectivity index (χ3n) is 15.9. The van der Waals surface area contributed by atoms with Crippen LogP contribution in [0, 0.1) is 26.2 Å². The zero-order valence-corrected chi connectivity index (χ0v) is 37.0. The molecule has 1 aromatic carbocycles. The number of benzene rings is 1. The number of fused-ring (bicyclic) bond motifs is 6. The number of ether oxygens (including phenoxy) is 3. The lowest BCUT2D eigenvalue weighted by Crippen LogP contribution is -2.79. The highest BCUT2D eigenvalue weighted by molar-refractivity contribution is 14.1. The van der Waals surface area contributed by atoms with Crippen LogP contribution in [0.25, 0.3) is 10.9 Å². The van der Waals surface area contributed by atoms with Crippen molar-refractivity contribution in [1.29, 1.82) is 0 Å². The molecule has 1 aromatic heterocycles. The number of hydrogen-bond acceptors (Lipinski definition) is 11. The maximum atomic E-state index is 15.4. The highest BCUT2D eigenvalue weighted by atomic mass is 127. The molecule has 3 unspecified atom stereocenters. The Morgan fingerprint density at radius 1 is 1.05 bits per heavy atom. The van der Waals surface area contributed by atoms with E-state index in [-0.39, 0.29) is 12.0 Å². The van der Waals surface area contributed by atoms with Crippen LogP contribution in [-0.4, -0.2) is 142 Å². The second-order valence-corrected chi connectivity index (χ2v) is 19.8. The van der Waals surface area contributed by atoms with Crippen molar-refractivity contribution in [2.24, 2.45) is 22.7 Å². The van der Waals surface area contributed by atoms with E-state index in [0.717, 1.165) is 37.0 Å². The van der Waals surface area contributed by atoms with E-state index < -0.39 is 69.5 Å². The Labute approximate surface area is 358 Å². The largest absolute Gasteiger partial charge is 0.479 e. The Morgan fingerprint density at radius 2 is 1.83 bits per heavy atom. The van der Waals surface area contributed by atoms with Crippen LogP contribution in [0.2, 0.25) is 0 Å². The van der Waals surface area contributed by atoms with Gasteiger partial charge >= 0.3 is 17.9 Å². The van der Waals surface area contributed by atoms with Gasteiger partial charge in [-0.2, -0.15) is 0 Å². The standard InChI is InChI=1S/C45H57IN4O9/c1-7-41(55)21-26-22-44(40(54)58-6,35-28(12-16-49(23-26)24-41)29-18-27(46)10-11-32(29)47-35)31-19-30-33(20-34(31)57-5)48(4)37-43(30)14-17-50-15-9-13-42(8-2,36(43)50)38(59-25(3)51)45(37,56)39(52)53/h9-11,13,18-20,26,31,34,36-38,47,55-56H,7-8,12,14-17,21-24H2,1-6H3,(H,52,53)/t26-,31?,34?,36-,37+,38+,41-,42+,43+,44-,45-/m0/s1. The van der Waals surface area contributed by atoms with Crippen molar-refractivity contribution in [3.8, 4) is 0 Å². The average molecular weight is 925 g/mol. The minimum Gasteiger partial charge on any atom is -0.479 e. The highest BCUT2D eigenvalue weighted by Crippen LogP contribution is 2.70. The number of aromatic amines is 1. The third-order valence-corrected chi connectivity index (χ3v) is 16.6. The summed E-state index contributed by atoms with van der Waals surface area (Å²) in [4.78, 5) is 52.5. The molecule has 1 spiro atoms. The number of carboxylic acids is 1. The second kappa shape index (κ2) is 14.1. The van der Waals surface area contributed by atoms with Crippen molar-refractivity contribution in [2.75, 3.05) is 54.0 Å². The lowest BCUT2D eigenvalue weighted by Gasteiger charge is -2.63. The van der Waals surface area contributed by atoms with Crippen LogP contribution in [0.4, 0.5) is 0 Å². The predicted molar refractivity (Wildman–Crippen MR) is 227 cm³/mol. The van der Waals surface area contributed by atoms with E-state index in [0.29, 0.717) is 71.2 Å². The third kappa shape index (κ3) is 5.47. The maximum absolute atomic E-state index is 15.4. The Kier molecular flexibility index (Phi) is 9.84. The Bertz CT molecular complexity index is 2200.